The maximum atomic E-state index is 11.3. The Morgan fingerprint density at radius 2 is 2.29 bits per heavy atom. The van der Waals surface area contributed by atoms with E-state index in [0.29, 0.717) is 13.0 Å². The van der Waals surface area contributed by atoms with Crippen LogP contribution < -0.4 is 0 Å². The van der Waals surface area contributed by atoms with Crippen LogP contribution in [0.3, 0.4) is 0 Å². The average molecular weight is 222 g/mol. The number of rotatable bonds is 2. The van der Waals surface area contributed by atoms with Gasteiger partial charge in [-0.3, -0.25) is 4.79 Å². The Hall–Kier alpha value is -0.810. The molecule has 1 aliphatic heterocycles. The quantitative estimate of drug-likeness (QED) is 0.498. The fraction of sp³-hybridized carbons (Fsp3) is 0.750. The van der Waals surface area contributed by atoms with E-state index in [9.17, 15) is 14.7 Å². The number of nitrogens with zero attached hydrogens (tertiary/aromatic N) is 1. The van der Waals surface area contributed by atoms with Crippen molar-refractivity contribution in [3.63, 3.8) is 0 Å². The first-order chi connectivity index (χ1) is 6.61. The maximum Gasteiger partial charge on any atom is 0.331 e. The standard InChI is InChI=1S/C8H12ClNO4/c1-14-8(13)7-5(11)2-3-10(7)6(12)4-9/h5,7,11H,2-4H2,1H3/t5?,7-/m0/s1. The zero-order chi connectivity index (χ0) is 10.7. The van der Waals surface area contributed by atoms with Gasteiger partial charge in [0.1, 0.15) is 5.88 Å². The van der Waals surface area contributed by atoms with E-state index in [1.54, 1.807) is 0 Å². The van der Waals surface area contributed by atoms with Crippen LogP contribution in [0.2, 0.25) is 0 Å². The molecule has 80 valence electrons. The highest BCUT2D eigenvalue weighted by Gasteiger charge is 2.41. The number of alkyl halides is 1. The largest absolute Gasteiger partial charge is 0.467 e. The van der Waals surface area contributed by atoms with Crippen molar-refractivity contribution in [1.29, 1.82) is 0 Å². The van der Waals surface area contributed by atoms with Gasteiger partial charge in [0.2, 0.25) is 5.91 Å². The van der Waals surface area contributed by atoms with Crippen LogP contribution in [0.1, 0.15) is 6.42 Å². The van der Waals surface area contributed by atoms with E-state index in [-0.39, 0.29) is 11.8 Å². The fourth-order valence-electron chi connectivity index (χ4n) is 1.54. The Labute approximate surface area is 86.6 Å². The van der Waals surface area contributed by atoms with Crippen molar-refractivity contribution in [1.82, 2.24) is 4.90 Å². The Morgan fingerprint density at radius 3 is 2.79 bits per heavy atom. The van der Waals surface area contributed by atoms with Crippen molar-refractivity contribution < 1.29 is 19.4 Å². The van der Waals surface area contributed by atoms with Crippen LogP contribution in [-0.2, 0) is 14.3 Å². The van der Waals surface area contributed by atoms with E-state index in [1.807, 2.05) is 0 Å². The first-order valence-corrected chi connectivity index (χ1v) is 4.76. The molecule has 0 radical (unpaired) electrons. The highest BCUT2D eigenvalue weighted by Crippen LogP contribution is 2.19. The lowest BCUT2D eigenvalue weighted by molar-refractivity contribution is -0.153. The minimum atomic E-state index is -0.897. The molecule has 1 aliphatic rings. The van der Waals surface area contributed by atoms with E-state index in [4.69, 9.17) is 11.6 Å². The molecule has 1 heterocycles. The monoisotopic (exact) mass is 221 g/mol. The Bertz CT molecular complexity index is 245. The molecule has 1 fully saturated rings. The van der Waals surface area contributed by atoms with Gasteiger partial charge in [0.25, 0.3) is 0 Å². The van der Waals surface area contributed by atoms with Gasteiger partial charge in [0.15, 0.2) is 6.04 Å². The second-order valence-corrected chi connectivity index (χ2v) is 3.31. The van der Waals surface area contributed by atoms with Crippen LogP contribution in [-0.4, -0.2) is 53.6 Å². The highest BCUT2D eigenvalue weighted by molar-refractivity contribution is 6.27. The summed E-state index contributed by atoms with van der Waals surface area (Å²) in [5, 5.41) is 9.47. The number of amides is 1. The van der Waals surface area contributed by atoms with Crippen molar-refractivity contribution in [2.24, 2.45) is 0 Å². The van der Waals surface area contributed by atoms with Crippen LogP contribution in [0.5, 0.6) is 0 Å². The summed E-state index contributed by atoms with van der Waals surface area (Å²) in [6.45, 7) is 0.340. The van der Waals surface area contributed by atoms with Crippen molar-refractivity contribution >= 4 is 23.5 Å². The number of carbonyl (C=O) groups excluding carboxylic acids is 2. The molecule has 6 heteroatoms. The number of ether oxygens (including phenoxy) is 1. The smallest absolute Gasteiger partial charge is 0.331 e. The number of halogens is 1. The molecule has 5 nitrogen and oxygen atoms in total. The number of methoxy groups -OCH3 is 1. The topological polar surface area (TPSA) is 66.8 Å². The van der Waals surface area contributed by atoms with Crippen molar-refractivity contribution in [3.8, 4) is 0 Å². The molecule has 2 atom stereocenters. The summed E-state index contributed by atoms with van der Waals surface area (Å²) < 4.78 is 4.49. The zero-order valence-electron chi connectivity index (χ0n) is 7.77. The van der Waals surface area contributed by atoms with E-state index in [1.165, 1.54) is 12.0 Å². The minimum Gasteiger partial charge on any atom is -0.467 e. The number of carbonyl (C=O) groups is 2. The van der Waals surface area contributed by atoms with Gasteiger partial charge < -0.3 is 14.7 Å². The van der Waals surface area contributed by atoms with Gasteiger partial charge in [-0.05, 0) is 6.42 Å². The third-order valence-corrected chi connectivity index (χ3v) is 2.47. The van der Waals surface area contributed by atoms with Gasteiger partial charge in [-0.1, -0.05) is 0 Å². The molecule has 1 N–H and O–H groups in total. The lowest BCUT2D eigenvalue weighted by Crippen LogP contribution is -2.46. The van der Waals surface area contributed by atoms with E-state index < -0.39 is 18.1 Å². The summed E-state index contributed by atoms with van der Waals surface area (Å²) in [6.07, 6.45) is -0.475. The maximum absolute atomic E-state index is 11.3. The highest BCUT2D eigenvalue weighted by atomic mass is 35.5. The molecule has 0 aromatic carbocycles. The number of hydrogen-bond acceptors (Lipinski definition) is 4. The SMILES string of the molecule is COC(=O)[C@@H]1C(O)CCN1C(=O)CCl. The Kier molecular flexibility index (Phi) is 3.71. The molecule has 14 heavy (non-hydrogen) atoms. The third kappa shape index (κ3) is 1.99. The van der Waals surface area contributed by atoms with Crippen LogP contribution in [0.25, 0.3) is 0 Å². The molecule has 0 saturated carbocycles. The fourth-order valence-corrected chi connectivity index (χ4v) is 1.69. The molecule has 0 aromatic rings. The number of hydrogen-bond donors (Lipinski definition) is 1. The number of esters is 1. The second-order valence-electron chi connectivity index (χ2n) is 3.04. The van der Waals surface area contributed by atoms with Gasteiger partial charge in [-0.25, -0.2) is 4.79 Å². The molecule has 0 spiro atoms. The molecule has 1 rings (SSSR count). The molecule has 1 unspecified atom stereocenters. The van der Waals surface area contributed by atoms with Crippen molar-refractivity contribution in [2.45, 2.75) is 18.6 Å². The number of aliphatic hydroxyl groups is 1. The van der Waals surface area contributed by atoms with E-state index >= 15 is 0 Å². The van der Waals surface area contributed by atoms with Crippen molar-refractivity contribution in [3.05, 3.63) is 0 Å². The summed E-state index contributed by atoms with van der Waals surface area (Å²) in [5.74, 6) is -1.16. The zero-order valence-corrected chi connectivity index (χ0v) is 8.53. The first kappa shape index (κ1) is 11.3. The van der Waals surface area contributed by atoms with Gasteiger partial charge in [0.05, 0.1) is 13.2 Å². The normalized spacial score (nSPS) is 26.4. The molecule has 0 bridgehead atoms. The van der Waals surface area contributed by atoms with Crippen LogP contribution in [0, 0.1) is 0 Å². The Morgan fingerprint density at radius 1 is 1.64 bits per heavy atom. The average Bonchev–Trinajstić information content (AvgIpc) is 2.58. The number of aliphatic hydroxyl groups excluding tert-OH is 1. The third-order valence-electron chi connectivity index (χ3n) is 2.24. The number of likely N-dealkylation sites (tertiary alicyclic amines) is 1. The van der Waals surface area contributed by atoms with Gasteiger partial charge in [0, 0.05) is 6.54 Å². The molecule has 0 aliphatic carbocycles. The molecule has 1 saturated heterocycles. The minimum absolute atomic E-state index is 0.194. The molecular formula is C8H12ClNO4. The summed E-state index contributed by atoms with van der Waals surface area (Å²) in [7, 11) is 1.22. The van der Waals surface area contributed by atoms with E-state index in [2.05, 4.69) is 4.74 Å². The summed E-state index contributed by atoms with van der Waals surface area (Å²) in [4.78, 5) is 23.8. The van der Waals surface area contributed by atoms with Gasteiger partial charge in [-0.15, -0.1) is 11.6 Å². The van der Waals surface area contributed by atoms with Gasteiger partial charge >= 0.3 is 5.97 Å². The van der Waals surface area contributed by atoms with Crippen LogP contribution in [0.15, 0.2) is 0 Å². The molecule has 1 amide bonds. The summed E-state index contributed by atoms with van der Waals surface area (Å²) >= 11 is 5.37. The van der Waals surface area contributed by atoms with Crippen molar-refractivity contribution in [2.75, 3.05) is 19.5 Å². The lowest BCUT2D eigenvalue weighted by atomic mass is 10.2. The van der Waals surface area contributed by atoms with Gasteiger partial charge in [-0.2, -0.15) is 0 Å². The predicted molar refractivity (Wildman–Crippen MR) is 48.9 cm³/mol. The lowest BCUT2D eigenvalue weighted by Gasteiger charge is -2.22. The summed E-state index contributed by atoms with van der Waals surface area (Å²) in [6, 6.07) is -0.897. The second kappa shape index (κ2) is 4.61. The predicted octanol–water partition coefficient (Wildman–Crippen LogP) is -0.640. The summed E-state index contributed by atoms with van der Waals surface area (Å²) in [5.41, 5.74) is 0. The Balaban J connectivity index is 2.76. The molecule has 0 aromatic heterocycles. The van der Waals surface area contributed by atoms with Crippen LogP contribution >= 0.6 is 11.6 Å². The van der Waals surface area contributed by atoms with Crippen LogP contribution in [0.4, 0.5) is 0 Å². The first-order valence-electron chi connectivity index (χ1n) is 4.23. The van der Waals surface area contributed by atoms with E-state index in [0.717, 1.165) is 0 Å². The molecular weight excluding hydrogens is 210 g/mol.